The molecule has 1 rings (SSSR count). The zero-order valence-electron chi connectivity index (χ0n) is 7.49. The summed E-state index contributed by atoms with van der Waals surface area (Å²) in [5, 5.41) is 8.98. The number of hydrogen-bond donors (Lipinski definition) is 4. The highest BCUT2D eigenvalue weighted by Crippen LogP contribution is 2.20. The van der Waals surface area contributed by atoms with E-state index in [1.165, 1.54) is 6.20 Å². The van der Waals surface area contributed by atoms with Crippen LogP contribution in [-0.2, 0) is 5.54 Å². The Bertz CT molecular complexity index is 311. The standard InChI is InChI=1S/C8H14N4O/c1-8(11,4-13)5-2-6(9)7(10)12-3-5/h2-3,13H,4,9,11H2,1H3,(H2,10,12). The molecule has 0 aromatic carbocycles. The number of rotatable bonds is 2. The number of nitrogen functional groups attached to an aromatic ring is 2. The number of nitrogens with two attached hydrogens (primary N) is 3. The van der Waals surface area contributed by atoms with Gasteiger partial charge >= 0.3 is 0 Å². The lowest BCUT2D eigenvalue weighted by Gasteiger charge is -2.22. The third kappa shape index (κ3) is 1.88. The van der Waals surface area contributed by atoms with Gasteiger partial charge in [0.1, 0.15) is 5.82 Å². The monoisotopic (exact) mass is 182 g/mol. The largest absolute Gasteiger partial charge is 0.396 e. The van der Waals surface area contributed by atoms with Gasteiger partial charge in [-0.1, -0.05) is 0 Å². The Morgan fingerprint density at radius 1 is 1.54 bits per heavy atom. The van der Waals surface area contributed by atoms with Gasteiger partial charge < -0.3 is 22.3 Å². The molecule has 0 spiro atoms. The van der Waals surface area contributed by atoms with E-state index < -0.39 is 5.54 Å². The predicted octanol–water partition coefficient (Wildman–Crippen LogP) is -0.588. The van der Waals surface area contributed by atoms with E-state index in [2.05, 4.69) is 4.98 Å². The Hall–Kier alpha value is -1.33. The zero-order valence-corrected chi connectivity index (χ0v) is 7.49. The summed E-state index contributed by atoms with van der Waals surface area (Å²) in [6.07, 6.45) is 1.52. The first-order valence-electron chi connectivity index (χ1n) is 3.88. The molecule has 0 saturated heterocycles. The number of anilines is 2. The molecule has 5 heteroatoms. The highest BCUT2D eigenvalue weighted by molar-refractivity contribution is 5.59. The highest BCUT2D eigenvalue weighted by Gasteiger charge is 2.20. The summed E-state index contributed by atoms with van der Waals surface area (Å²) in [5.41, 5.74) is 17.0. The van der Waals surface area contributed by atoms with E-state index in [1.54, 1.807) is 13.0 Å². The van der Waals surface area contributed by atoms with Crippen LogP contribution in [-0.4, -0.2) is 16.7 Å². The molecule has 7 N–H and O–H groups in total. The first-order valence-corrected chi connectivity index (χ1v) is 3.88. The third-order valence-electron chi connectivity index (χ3n) is 1.94. The fourth-order valence-electron chi connectivity index (χ4n) is 0.896. The van der Waals surface area contributed by atoms with Crippen molar-refractivity contribution in [3.63, 3.8) is 0 Å². The molecule has 0 amide bonds. The van der Waals surface area contributed by atoms with Gasteiger partial charge in [-0.3, -0.25) is 0 Å². The van der Waals surface area contributed by atoms with Crippen molar-refractivity contribution in [3.8, 4) is 0 Å². The number of aliphatic hydroxyl groups is 1. The van der Waals surface area contributed by atoms with Gasteiger partial charge in [-0.05, 0) is 18.6 Å². The molecule has 1 atom stereocenters. The molecule has 72 valence electrons. The molecule has 0 radical (unpaired) electrons. The maximum atomic E-state index is 8.98. The predicted molar refractivity (Wildman–Crippen MR) is 51.7 cm³/mol. The minimum atomic E-state index is -0.825. The van der Waals surface area contributed by atoms with Crippen LogP contribution < -0.4 is 17.2 Å². The maximum Gasteiger partial charge on any atom is 0.146 e. The van der Waals surface area contributed by atoms with Crippen LogP contribution in [0.1, 0.15) is 12.5 Å². The first-order chi connectivity index (χ1) is 5.97. The van der Waals surface area contributed by atoms with Crippen molar-refractivity contribution in [3.05, 3.63) is 17.8 Å². The van der Waals surface area contributed by atoms with E-state index >= 15 is 0 Å². The molecule has 1 aromatic rings. The number of aliphatic hydroxyl groups excluding tert-OH is 1. The molecule has 0 aliphatic carbocycles. The molecule has 5 nitrogen and oxygen atoms in total. The second-order valence-corrected chi connectivity index (χ2v) is 3.27. The van der Waals surface area contributed by atoms with Crippen molar-refractivity contribution < 1.29 is 5.11 Å². The molecule has 13 heavy (non-hydrogen) atoms. The topological polar surface area (TPSA) is 111 Å². The Kier molecular flexibility index (Phi) is 2.40. The number of pyridine rings is 1. The normalized spacial score (nSPS) is 15.3. The van der Waals surface area contributed by atoms with Crippen LogP contribution in [0.3, 0.4) is 0 Å². The minimum Gasteiger partial charge on any atom is -0.396 e. The fraction of sp³-hybridized carbons (Fsp3) is 0.375. The first kappa shape index (κ1) is 9.76. The zero-order chi connectivity index (χ0) is 10.1. The van der Waals surface area contributed by atoms with E-state index in [0.717, 1.165) is 0 Å². The lowest BCUT2D eigenvalue weighted by atomic mass is 9.96. The van der Waals surface area contributed by atoms with Gasteiger partial charge in [0.05, 0.1) is 17.8 Å². The van der Waals surface area contributed by atoms with Crippen molar-refractivity contribution in [1.29, 1.82) is 0 Å². The second-order valence-electron chi connectivity index (χ2n) is 3.27. The van der Waals surface area contributed by atoms with E-state index in [1.807, 2.05) is 0 Å². The van der Waals surface area contributed by atoms with Crippen LogP contribution in [0.2, 0.25) is 0 Å². The molecule has 1 aromatic heterocycles. The molecule has 0 bridgehead atoms. The van der Waals surface area contributed by atoms with Crippen LogP contribution in [0.4, 0.5) is 11.5 Å². The van der Waals surface area contributed by atoms with E-state index in [0.29, 0.717) is 11.3 Å². The lowest BCUT2D eigenvalue weighted by Crippen LogP contribution is -2.37. The SMILES string of the molecule is CC(N)(CO)c1cnc(N)c(N)c1. The smallest absolute Gasteiger partial charge is 0.146 e. The Morgan fingerprint density at radius 3 is 2.62 bits per heavy atom. The van der Waals surface area contributed by atoms with Crippen LogP contribution >= 0.6 is 0 Å². The van der Waals surface area contributed by atoms with Crippen molar-refractivity contribution >= 4 is 11.5 Å². The lowest BCUT2D eigenvalue weighted by molar-refractivity contribution is 0.210. The maximum absolute atomic E-state index is 8.98. The van der Waals surface area contributed by atoms with Gasteiger partial charge in [-0.2, -0.15) is 0 Å². The van der Waals surface area contributed by atoms with Gasteiger partial charge in [0, 0.05) is 6.20 Å². The van der Waals surface area contributed by atoms with Gasteiger partial charge in [0.15, 0.2) is 0 Å². The van der Waals surface area contributed by atoms with Crippen molar-refractivity contribution in [2.75, 3.05) is 18.1 Å². The third-order valence-corrected chi connectivity index (χ3v) is 1.94. The van der Waals surface area contributed by atoms with Gasteiger partial charge in [-0.25, -0.2) is 4.98 Å². The molecular weight excluding hydrogens is 168 g/mol. The summed E-state index contributed by atoms with van der Waals surface area (Å²) in [6, 6.07) is 1.62. The second kappa shape index (κ2) is 3.20. The average Bonchev–Trinajstić information content (AvgIpc) is 2.09. The van der Waals surface area contributed by atoms with Gasteiger partial charge in [0.2, 0.25) is 0 Å². The Morgan fingerprint density at radius 2 is 2.15 bits per heavy atom. The average molecular weight is 182 g/mol. The number of aromatic nitrogens is 1. The summed E-state index contributed by atoms with van der Waals surface area (Å²) in [4.78, 5) is 3.85. The quantitative estimate of drug-likeness (QED) is 0.488. The van der Waals surface area contributed by atoms with E-state index in [-0.39, 0.29) is 12.4 Å². The van der Waals surface area contributed by atoms with Crippen LogP contribution in [0.25, 0.3) is 0 Å². The van der Waals surface area contributed by atoms with Crippen LogP contribution in [0.5, 0.6) is 0 Å². The Balaban J connectivity index is 3.10. The van der Waals surface area contributed by atoms with Gasteiger partial charge in [-0.15, -0.1) is 0 Å². The molecular formula is C8H14N4O. The summed E-state index contributed by atoms with van der Waals surface area (Å²) in [5.74, 6) is 0.275. The van der Waals surface area contributed by atoms with Crippen molar-refractivity contribution in [1.82, 2.24) is 4.98 Å². The van der Waals surface area contributed by atoms with Crippen LogP contribution in [0, 0.1) is 0 Å². The molecule has 0 saturated carbocycles. The summed E-state index contributed by atoms with van der Waals surface area (Å²) in [6.45, 7) is 1.53. The van der Waals surface area contributed by atoms with Crippen molar-refractivity contribution in [2.45, 2.75) is 12.5 Å². The molecule has 0 aliphatic heterocycles. The summed E-state index contributed by atoms with van der Waals surface area (Å²) >= 11 is 0. The Labute approximate surface area is 76.6 Å². The van der Waals surface area contributed by atoms with E-state index in [9.17, 15) is 0 Å². The number of hydrogen-bond acceptors (Lipinski definition) is 5. The molecule has 1 unspecified atom stereocenters. The van der Waals surface area contributed by atoms with E-state index in [4.69, 9.17) is 22.3 Å². The van der Waals surface area contributed by atoms with Crippen LogP contribution in [0.15, 0.2) is 12.3 Å². The molecule has 0 aliphatic rings. The van der Waals surface area contributed by atoms with Gasteiger partial charge in [0.25, 0.3) is 0 Å². The van der Waals surface area contributed by atoms with Crippen molar-refractivity contribution in [2.24, 2.45) is 5.73 Å². The number of nitrogens with zero attached hydrogens (tertiary/aromatic N) is 1. The fourth-order valence-corrected chi connectivity index (χ4v) is 0.896. The summed E-state index contributed by atoms with van der Waals surface area (Å²) < 4.78 is 0. The minimum absolute atomic E-state index is 0.169. The molecule has 0 fully saturated rings. The highest BCUT2D eigenvalue weighted by atomic mass is 16.3. The molecule has 1 heterocycles. The summed E-state index contributed by atoms with van der Waals surface area (Å²) in [7, 11) is 0.